The van der Waals surface area contributed by atoms with Crippen molar-refractivity contribution in [2.75, 3.05) is 32.7 Å². The minimum Gasteiger partial charge on any atom is -0.399 e. The van der Waals surface area contributed by atoms with Crippen LogP contribution in [0.1, 0.15) is 38.3 Å². The lowest BCUT2D eigenvalue weighted by Crippen LogP contribution is -2.54. The van der Waals surface area contributed by atoms with Crippen molar-refractivity contribution in [3.63, 3.8) is 0 Å². The van der Waals surface area contributed by atoms with E-state index >= 15 is 0 Å². The van der Waals surface area contributed by atoms with Crippen LogP contribution >= 0.6 is 0 Å². The molecule has 2 saturated heterocycles. The van der Waals surface area contributed by atoms with E-state index in [0.717, 1.165) is 61.8 Å². The molecule has 2 fully saturated rings. The molecule has 3 rings (SSSR count). The lowest BCUT2D eigenvalue weighted by Gasteiger charge is -2.39. The summed E-state index contributed by atoms with van der Waals surface area (Å²) >= 11 is 0. The second kappa shape index (κ2) is 9.08. The zero-order valence-corrected chi connectivity index (χ0v) is 18.4. The molecule has 164 valence electrons. The van der Waals surface area contributed by atoms with Crippen molar-refractivity contribution in [1.29, 1.82) is 0 Å². The molecule has 6 nitrogen and oxygen atoms in total. The summed E-state index contributed by atoms with van der Waals surface area (Å²) in [5.41, 5.74) is 15.7. The largest absolute Gasteiger partial charge is 0.399 e. The van der Waals surface area contributed by atoms with E-state index in [4.69, 9.17) is 11.5 Å². The van der Waals surface area contributed by atoms with E-state index in [1.165, 1.54) is 12.4 Å². The molecule has 0 unspecified atom stereocenters. The van der Waals surface area contributed by atoms with Crippen LogP contribution in [0.3, 0.4) is 0 Å². The molecule has 0 radical (unpaired) electrons. The van der Waals surface area contributed by atoms with Crippen molar-refractivity contribution in [2.24, 2.45) is 21.9 Å². The number of nitrogens with two attached hydrogens (primary N) is 2. The predicted octanol–water partition coefficient (Wildman–Crippen LogP) is 2.48. The molecule has 5 N–H and O–H groups in total. The maximum absolute atomic E-state index is 14.1. The average molecular weight is 415 g/mol. The normalized spacial score (nSPS) is 18.8. The predicted molar refractivity (Wildman–Crippen MR) is 122 cm³/mol. The Balaban J connectivity index is 1.90. The molecule has 2 heterocycles. The number of benzene rings is 1. The Morgan fingerprint density at radius 2 is 2.17 bits per heavy atom. The van der Waals surface area contributed by atoms with Crippen LogP contribution < -0.4 is 16.8 Å². The van der Waals surface area contributed by atoms with Gasteiger partial charge in [-0.05, 0) is 44.9 Å². The molecule has 0 bridgehead atoms. The van der Waals surface area contributed by atoms with Gasteiger partial charge in [-0.25, -0.2) is 9.38 Å². The van der Waals surface area contributed by atoms with Crippen molar-refractivity contribution >= 4 is 12.0 Å². The van der Waals surface area contributed by atoms with Crippen molar-refractivity contribution in [1.82, 2.24) is 15.1 Å². The maximum Gasteiger partial charge on any atom is 0.149 e. The van der Waals surface area contributed by atoms with E-state index in [1.54, 1.807) is 12.1 Å². The van der Waals surface area contributed by atoms with Crippen molar-refractivity contribution in [3.05, 3.63) is 53.2 Å². The van der Waals surface area contributed by atoms with Gasteiger partial charge in [0.1, 0.15) is 11.6 Å². The SMILES string of the molecule is C=C(c1cc(F)ccc1C/C(N)=C(/N=C\N)N1CCC2(CNC2)C1)N(CC)C(C)C. The third kappa shape index (κ3) is 4.46. The smallest absolute Gasteiger partial charge is 0.149 e. The van der Waals surface area contributed by atoms with Gasteiger partial charge in [-0.1, -0.05) is 12.6 Å². The Bertz CT molecular complexity index is 840. The molecule has 1 aromatic rings. The zero-order valence-electron chi connectivity index (χ0n) is 18.4. The van der Waals surface area contributed by atoms with E-state index in [1.807, 2.05) is 0 Å². The number of hydrogen-bond acceptors (Lipinski definition) is 5. The fraction of sp³-hybridized carbons (Fsp3) is 0.522. The third-order valence-electron chi connectivity index (χ3n) is 6.30. The molecule has 2 aliphatic rings. The Morgan fingerprint density at radius 1 is 1.43 bits per heavy atom. The fourth-order valence-corrected chi connectivity index (χ4v) is 4.60. The Morgan fingerprint density at radius 3 is 2.70 bits per heavy atom. The first-order chi connectivity index (χ1) is 14.3. The van der Waals surface area contributed by atoms with Gasteiger partial charge in [-0.15, -0.1) is 0 Å². The highest BCUT2D eigenvalue weighted by Crippen LogP contribution is 2.36. The van der Waals surface area contributed by atoms with Gasteiger partial charge in [0.15, 0.2) is 0 Å². The van der Waals surface area contributed by atoms with Gasteiger partial charge < -0.3 is 26.6 Å². The summed E-state index contributed by atoms with van der Waals surface area (Å²) in [5, 5.41) is 3.37. The average Bonchev–Trinajstić information content (AvgIpc) is 3.13. The van der Waals surface area contributed by atoms with Gasteiger partial charge >= 0.3 is 0 Å². The second-order valence-corrected chi connectivity index (χ2v) is 8.71. The van der Waals surface area contributed by atoms with Crippen LogP contribution in [-0.2, 0) is 6.42 Å². The molecule has 0 saturated carbocycles. The number of likely N-dealkylation sites (tertiary alicyclic amines) is 1. The first-order valence-electron chi connectivity index (χ1n) is 10.7. The van der Waals surface area contributed by atoms with Gasteiger partial charge in [-0.3, -0.25) is 0 Å². The highest BCUT2D eigenvalue weighted by atomic mass is 19.1. The monoisotopic (exact) mass is 414 g/mol. The summed E-state index contributed by atoms with van der Waals surface area (Å²) in [4.78, 5) is 8.79. The molecule has 30 heavy (non-hydrogen) atoms. The van der Waals surface area contributed by atoms with Crippen molar-refractivity contribution in [2.45, 2.75) is 39.7 Å². The van der Waals surface area contributed by atoms with Crippen LogP contribution in [0.4, 0.5) is 4.39 Å². The molecule has 0 atom stereocenters. The Kier molecular flexibility index (Phi) is 6.71. The first-order valence-corrected chi connectivity index (χ1v) is 10.7. The van der Waals surface area contributed by atoms with Crippen LogP contribution in [0.15, 0.2) is 41.3 Å². The van der Waals surface area contributed by atoms with Crippen LogP contribution in [0.2, 0.25) is 0 Å². The third-order valence-corrected chi connectivity index (χ3v) is 6.30. The van der Waals surface area contributed by atoms with E-state index in [2.05, 4.69) is 47.5 Å². The molecule has 7 heteroatoms. The standard InChI is InChI=1S/C23H35FN6/c1-5-30(16(2)3)17(4)20-11-19(24)7-6-18(20)10-21(26)22(28-15-25)29-9-8-23(14-29)12-27-13-23/h6-7,11,15-16,27H,4-5,8-10,12-14,26H2,1-3H3,(H2,25,28)/b22-21+. The van der Waals surface area contributed by atoms with E-state index in [0.29, 0.717) is 17.5 Å². The van der Waals surface area contributed by atoms with Gasteiger partial charge in [0.2, 0.25) is 0 Å². The number of aliphatic imine (C=N–C) groups is 1. The lowest BCUT2D eigenvalue weighted by atomic mass is 9.81. The second-order valence-electron chi connectivity index (χ2n) is 8.71. The topological polar surface area (TPSA) is 82.9 Å². The lowest BCUT2D eigenvalue weighted by molar-refractivity contribution is 0.178. The summed E-state index contributed by atoms with van der Waals surface area (Å²) in [6.45, 7) is 15.2. The Hall–Kier alpha value is -2.54. The molecule has 1 aromatic carbocycles. The van der Waals surface area contributed by atoms with Crippen molar-refractivity contribution < 1.29 is 4.39 Å². The highest BCUT2D eigenvalue weighted by Gasteiger charge is 2.43. The van der Waals surface area contributed by atoms with Gasteiger partial charge in [0.25, 0.3) is 0 Å². The molecular weight excluding hydrogens is 379 g/mol. The fourth-order valence-electron chi connectivity index (χ4n) is 4.60. The van der Waals surface area contributed by atoms with Crippen LogP contribution in [0.5, 0.6) is 0 Å². The Labute approximate surface area is 179 Å². The van der Waals surface area contributed by atoms with E-state index < -0.39 is 0 Å². The quantitative estimate of drug-likeness (QED) is 0.450. The summed E-state index contributed by atoms with van der Waals surface area (Å²) < 4.78 is 14.1. The number of nitrogens with one attached hydrogen (secondary N) is 1. The highest BCUT2D eigenvalue weighted by molar-refractivity contribution is 5.66. The molecular formula is C23H35FN6. The molecule has 2 aliphatic heterocycles. The van der Waals surface area contributed by atoms with Crippen molar-refractivity contribution in [3.8, 4) is 0 Å². The van der Waals surface area contributed by atoms with Gasteiger partial charge in [0, 0.05) is 61.9 Å². The maximum atomic E-state index is 14.1. The minimum atomic E-state index is -0.281. The van der Waals surface area contributed by atoms with Crippen LogP contribution in [-0.4, -0.2) is 54.9 Å². The van der Waals surface area contributed by atoms with Gasteiger partial charge in [-0.2, -0.15) is 0 Å². The first kappa shape index (κ1) is 22.2. The van der Waals surface area contributed by atoms with Gasteiger partial charge in [0.05, 0.1) is 12.0 Å². The summed E-state index contributed by atoms with van der Waals surface area (Å²) in [6, 6.07) is 5.08. The summed E-state index contributed by atoms with van der Waals surface area (Å²) in [5.74, 6) is 0.440. The van der Waals surface area contributed by atoms with E-state index in [-0.39, 0.29) is 11.9 Å². The molecule has 1 spiro atoms. The van der Waals surface area contributed by atoms with Crippen LogP contribution in [0.25, 0.3) is 5.70 Å². The summed E-state index contributed by atoms with van der Waals surface area (Å²) in [7, 11) is 0. The minimum absolute atomic E-state index is 0.265. The number of hydrogen-bond donors (Lipinski definition) is 3. The zero-order chi connectivity index (χ0) is 21.9. The number of nitrogens with zero attached hydrogens (tertiary/aromatic N) is 3. The number of allylic oxidation sites excluding steroid dienone is 1. The summed E-state index contributed by atoms with van der Waals surface area (Å²) in [6.07, 6.45) is 2.88. The van der Waals surface area contributed by atoms with Crippen LogP contribution in [0, 0.1) is 11.2 Å². The van der Waals surface area contributed by atoms with E-state index in [9.17, 15) is 4.39 Å². The molecule has 0 aromatic heterocycles. The molecule has 0 aliphatic carbocycles. The molecule has 0 amide bonds. The number of rotatable bonds is 8. The number of halogens is 1.